The Morgan fingerprint density at radius 3 is 2.67 bits per heavy atom. The minimum Gasteiger partial charge on any atom is -0.353 e. The van der Waals surface area contributed by atoms with Gasteiger partial charge in [-0.1, -0.05) is 38.1 Å². The fourth-order valence-corrected chi connectivity index (χ4v) is 4.35. The summed E-state index contributed by atoms with van der Waals surface area (Å²) < 4.78 is 0. The molecule has 3 heterocycles. The van der Waals surface area contributed by atoms with Crippen LogP contribution >= 0.6 is 0 Å². The van der Waals surface area contributed by atoms with E-state index in [2.05, 4.69) is 73.4 Å². The number of anilines is 2. The molecule has 2 aromatic rings. The summed E-state index contributed by atoms with van der Waals surface area (Å²) in [6.07, 6.45) is 2.50. The van der Waals surface area contributed by atoms with E-state index in [-0.39, 0.29) is 0 Å². The molecule has 5 nitrogen and oxygen atoms in total. The lowest BCUT2D eigenvalue weighted by Gasteiger charge is -2.47. The third-order valence-electron chi connectivity index (χ3n) is 5.84. The van der Waals surface area contributed by atoms with Gasteiger partial charge in [-0.05, 0) is 44.0 Å². The Balaban J connectivity index is 1.64. The van der Waals surface area contributed by atoms with Crippen LogP contribution in [0.1, 0.15) is 61.4 Å². The maximum absolute atomic E-state index is 4.91. The molecule has 0 spiro atoms. The number of hydrogen-bond acceptors (Lipinski definition) is 5. The first-order valence-electron chi connectivity index (χ1n) is 10.2. The normalized spacial score (nSPS) is 21.0. The van der Waals surface area contributed by atoms with Gasteiger partial charge in [-0.15, -0.1) is 0 Å². The Labute approximate surface area is 162 Å². The minimum absolute atomic E-state index is 0.385. The summed E-state index contributed by atoms with van der Waals surface area (Å²) in [7, 11) is 4.17. The van der Waals surface area contributed by atoms with Crippen LogP contribution in [0.15, 0.2) is 30.3 Å². The fourth-order valence-electron chi connectivity index (χ4n) is 4.35. The average molecular weight is 366 g/mol. The topological polar surface area (TPSA) is 44.3 Å². The molecule has 144 valence electrons. The van der Waals surface area contributed by atoms with Crippen LogP contribution in [0, 0.1) is 0 Å². The predicted molar refractivity (Wildman–Crippen MR) is 112 cm³/mol. The van der Waals surface area contributed by atoms with E-state index in [1.165, 1.54) is 18.4 Å². The molecule has 1 aromatic carbocycles. The maximum Gasteiger partial charge on any atom is 0.224 e. The van der Waals surface area contributed by atoms with E-state index >= 15 is 0 Å². The van der Waals surface area contributed by atoms with Gasteiger partial charge in [-0.25, -0.2) is 4.98 Å². The van der Waals surface area contributed by atoms with Gasteiger partial charge in [-0.2, -0.15) is 4.98 Å². The monoisotopic (exact) mass is 365 g/mol. The van der Waals surface area contributed by atoms with Crippen LogP contribution < -0.4 is 10.2 Å². The van der Waals surface area contributed by atoms with Gasteiger partial charge in [0.1, 0.15) is 5.82 Å². The van der Waals surface area contributed by atoms with E-state index in [4.69, 9.17) is 9.97 Å². The molecule has 3 aliphatic rings. The molecule has 2 bridgehead atoms. The summed E-state index contributed by atoms with van der Waals surface area (Å²) in [6.45, 7) is 7.28. The van der Waals surface area contributed by atoms with Gasteiger partial charge in [-0.3, -0.25) is 0 Å². The summed E-state index contributed by atoms with van der Waals surface area (Å²) >= 11 is 0. The van der Waals surface area contributed by atoms with E-state index < -0.39 is 0 Å². The zero-order valence-electron chi connectivity index (χ0n) is 16.9. The largest absolute Gasteiger partial charge is 0.353 e. The van der Waals surface area contributed by atoms with Gasteiger partial charge < -0.3 is 15.1 Å². The lowest BCUT2D eigenvalue weighted by atomic mass is 9.75. The van der Waals surface area contributed by atoms with E-state index in [0.29, 0.717) is 17.9 Å². The summed E-state index contributed by atoms with van der Waals surface area (Å²) in [5.41, 5.74) is 4.15. The second-order valence-corrected chi connectivity index (χ2v) is 8.43. The molecule has 0 amide bonds. The number of hydrogen-bond donors (Lipinski definition) is 1. The van der Waals surface area contributed by atoms with Crippen molar-refractivity contribution in [1.82, 2.24) is 14.9 Å². The third kappa shape index (κ3) is 3.65. The van der Waals surface area contributed by atoms with E-state index in [0.717, 1.165) is 37.1 Å². The van der Waals surface area contributed by atoms with Crippen LogP contribution in [0.4, 0.5) is 11.8 Å². The van der Waals surface area contributed by atoms with Crippen molar-refractivity contribution in [1.29, 1.82) is 0 Å². The highest BCUT2D eigenvalue weighted by atomic mass is 15.3. The van der Waals surface area contributed by atoms with Gasteiger partial charge in [0, 0.05) is 31.6 Å². The fraction of sp³-hybridized carbons (Fsp3) is 0.545. The summed E-state index contributed by atoms with van der Waals surface area (Å²) in [4.78, 5) is 14.4. The SMILES string of the molecule is CC(C)c1cc(N2C[C@H]3CC[C@H]2c2ccccc23)nc(NCCN(C)C)n1. The second kappa shape index (κ2) is 7.47. The first kappa shape index (κ1) is 18.2. The minimum atomic E-state index is 0.385. The molecule has 1 aromatic heterocycles. The smallest absolute Gasteiger partial charge is 0.224 e. The van der Waals surface area contributed by atoms with Crippen molar-refractivity contribution in [2.45, 2.75) is 44.6 Å². The number of piperidine rings is 1. The molecular formula is C22H31N5. The molecule has 5 rings (SSSR count). The Kier molecular flexibility index (Phi) is 5.04. The van der Waals surface area contributed by atoms with Crippen molar-refractivity contribution in [3.05, 3.63) is 47.2 Å². The van der Waals surface area contributed by atoms with Gasteiger partial charge in [0.2, 0.25) is 5.95 Å². The second-order valence-electron chi connectivity index (χ2n) is 8.43. The summed E-state index contributed by atoms with van der Waals surface area (Å²) in [5.74, 6) is 2.84. The van der Waals surface area contributed by atoms with Gasteiger partial charge in [0.15, 0.2) is 0 Å². The quantitative estimate of drug-likeness (QED) is 0.838. The van der Waals surface area contributed by atoms with E-state index in [9.17, 15) is 0 Å². The molecule has 2 aliphatic heterocycles. The number of aromatic nitrogens is 2. The van der Waals surface area contributed by atoms with Crippen molar-refractivity contribution in [3.8, 4) is 0 Å². The van der Waals surface area contributed by atoms with Gasteiger partial charge in [0.25, 0.3) is 0 Å². The molecule has 27 heavy (non-hydrogen) atoms. The van der Waals surface area contributed by atoms with Crippen molar-refractivity contribution in [2.75, 3.05) is 43.9 Å². The van der Waals surface area contributed by atoms with Crippen LogP contribution in [0.3, 0.4) is 0 Å². The van der Waals surface area contributed by atoms with Crippen LogP contribution in [0.25, 0.3) is 0 Å². The van der Waals surface area contributed by atoms with Crippen LogP contribution in [-0.4, -0.2) is 48.6 Å². The van der Waals surface area contributed by atoms with Crippen molar-refractivity contribution >= 4 is 11.8 Å². The molecule has 0 saturated carbocycles. The zero-order valence-corrected chi connectivity index (χ0v) is 16.9. The molecule has 0 unspecified atom stereocenters. The number of rotatable bonds is 6. The maximum atomic E-state index is 4.91. The first-order chi connectivity index (χ1) is 13.0. The molecule has 5 heteroatoms. The molecule has 2 atom stereocenters. The lowest BCUT2D eigenvalue weighted by molar-refractivity contribution is 0.387. The molecule has 1 fully saturated rings. The Bertz CT molecular complexity index is 801. The molecule has 1 aliphatic carbocycles. The number of likely N-dealkylation sites (N-methyl/N-ethyl adjacent to an activating group) is 1. The van der Waals surface area contributed by atoms with Crippen molar-refractivity contribution in [2.24, 2.45) is 0 Å². The lowest BCUT2D eigenvalue weighted by Crippen LogP contribution is -2.43. The average Bonchev–Trinajstić information content (AvgIpc) is 2.68. The molecule has 1 N–H and O–H groups in total. The van der Waals surface area contributed by atoms with Crippen molar-refractivity contribution in [3.63, 3.8) is 0 Å². The third-order valence-corrected chi connectivity index (χ3v) is 5.84. The zero-order chi connectivity index (χ0) is 19.0. The first-order valence-corrected chi connectivity index (χ1v) is 10.2. The van der Waals surface area contributed by atoms with Gasteiger partial charge >= 0.3 is 0 Å². The van der Waals surface area contributed by atoms with E-state index in [1.807, 2.05) is 0 Å². The highest BCUT2D eigenvalue weighted by molar-refractivity contribution is 5.53. The Morgan fingerprint density at radius 2 is 1.93 bits per heavy atom. The van der Waals surface area contributed by atoms with Crippen LogP contribution in [0.2, 0.25) is 0 Å². The molecule has 0 radical (unpaired) electrons. The number of nitrogens with one attached hydrogen (secondary N) is 1. The number of nitrogens with zero attached hydrogens (tertiary/aromatic N) is 4. The molecular weight excluding hydrogens is 334 g/mol. The summed E-state index contributed by atoms with van der Waals surface area (Å²) in [6, 6.07) is 11.6. The Morgan fingerprint density at radius 1 is 1.15 bits per heavy atom. The van der Waals surface area contributed by atoms with Crippen LogP contribution in [0.5, 0.6) is 0 Å². The standard InChI is InChI=1S/C22H31N5/c1-15(2)19-13-21(25-22(24-19)23-11-12-26(3)4)27-14-16-9-10-20(27)18-8-6-5-7-17(16)18/h5-8,13,15-16,20H,9-12,14H2,1-4H3,(H,23,24,25)/t16-,20+/m1/s1. The highest BCUT2D eigenvalue weighted by Crippen LogP contribution is 2.48. The predicted octanol–water partition coefficient (Wildman–Crippen LogP) is 4.01. The van der Waals surface area contributed by atoms with E-state index in [1.54, 1.807) is 5.56 Å². The molecule has 1 saturated heterocycles. The highest BCUT2D eigenvalue weighted by Gasteiger charge is 2.38. The number of fused-ring (bicyclic) bond motifs is 2. The Hall–Kier alpha value is -2.14. The summed E-state index contributed by atoms with van der Waals surface area (Å²) in [5, 5.41) is 3.42. The van der Waals surface area contributed by atoms with Crippen LogP contribution in [-0.2, 0) is 0 Å². The van der Waals surface area contributed by atoms with Gasteiger partial charge in [0.05, 0.1) is 11.7 Å². The number of benzene rings is 1. The van der Waals surface area contributed by atoms with Crippen molar-refractivity contribution < 1.29 is 0 Å².